The first-order valence-corrected chi connectivity index (χ1v) is 11.1. The number of anilines is 2. The molecule has 0 saturated carbocycles. The highest BCUT2D eigenvalue weighted by Crippen LogP contribution is 2.32. The van der Waals surface area contributed by atoms with Gasteiger partial charge in [-0.2, -0.15) is 5.01 Å². The van der Waals surface area contributed by atoms with E-state index in [0.717, 1.165) is 15.7 Å². The number of nitrogens with one attached hydrogen (secondary N) is 1. The zero-order chi connectivity index (χ0) is 23.5. The third kappa shape index (κ3) is 5.06. The van der Waals surface area contributed by atoms with Gasteiger partial charge in [0.2, 0.25) is 18.0 Å². The summed E-state index contributed by atoms with van der Waals surface area (Å²) >= 11 is 3.38. The van der Waals surface area contributed by atoms with Crippen molar-refractivity contribution < 1.29 is 14.3 Å². The standard InChI is InChI=1S/C25H23BrN4O3/c1-16(31)30-25(33-24(28-30)17-10-12-22(13-11-17)29(2)3)19-7-5-9-21(15-19)27-23(32)18-6-4-8-20(26)14-18/h4-15,25H,1-3H3,(H,27,32). The van der Waals surface area contributed by atoms with E-state index in [-0.39, 0.29) is 11.8 Å². The van der Waals surface area contributed by atoms with Gasteiger partial charge in [-0.1, -0.05) is 34.1 Å². The van der Waals surface area contributed by atoms with Crippen molar-refractivity contribution in [1.82, 2.24) is 5.01 Å². The van der Waals surface area contributed by atoms with Crippen LogP contribution in [0.5, 0.6) is 0 Å². The van der Waals surface area contributed by atoms with Crippen molar-refractivity contribution in [2.75, 3.05) is 24.3 Å². The molecule has 168 valence electrons. The number of rotatable bonds is 5. The number of hydrazone groups is 1. The van der Waals surface area contributed by atoms with Gasteiger partial charge in [0, 0.05) is 53.6 Å². The lowest BCUT2D eigenvalue weighted by Crippen LogP contribution is -2.25. The number of carbonyl (C=O) groups is 2. The molecule has 8 heteroatoms. The van der Waals surface area contributed by atoms with Crippen LogP contribution < -0.4 is 10.2 Å². The molecule has 0 radical (unpaired) electrons. The molecule has 3 aromatic carbocycles. The monoisotopic (exact) mass is 506 g/mol. The zero-order valence-electron chi connectivity index (χ0n) is 18.4. The van der Waals surface area contributed by atoms with Crippen LogP contribution in [0, 0.1) is 0 Å². The highest BCUT2D eigenvalue weighted by atomic mass is 79.9. The lowest BCUT2D eigenvalue weighted by Gasteiger charge is -2.20. The van der Waals surface area contributed by atoms with E-state index in [4.69, 9.17) is 4.74 Å². The maximum atomic E-state index is 12.6. The molecule has 0 aromatic heterocycles. The van der Waals surface area contributed by atoms with Gasteiger partial charge in [-0.3, -0.25) is 9.59 Å². The molecule has 1 aliphatic heterocycles. The Bertz CT molecular complexity index is 1220. The molecule has 1 unspecified atom stereocenters. The van der Waals surface area contributed by atoms with Gasteiger partial charge in [-0.15, -0.1) is 5.10 Å². The maximum Gasteiger partial charge on any atom is 0.255 e. The summed E-state index contributed by atoms with van der Waals surface area (Å²) < 4.78 is 6.91. The fraction of sp³-hybridized carbons (Fsp3) is 0.160. The van der Waals surface area contributed by atoms with E-state index < -0.39 is 6.23 Å². The molecule has 1 aliphatic rings. The number of amides is 2. The molecule has 1 heterocycles. The van der Waals surface area contributed by atoms with Crippen molar-refractivity contribution in [2.24, 2.45) is 5.10 Å². The second kappa shape index (κ2) is 9.46. The van der Waals surface area contributed by atoms with Gasteiger partial charge < -0.3 is 15.0 Å². The lowest BCUT2D eigenvalue weighted by molar-refractivity contribution is -0.135. The van der Waals surface area contributed by atoms with E-state index >= 15 is 0 Å². The Morgan fingerprint density at radius 3 is 2.42 bits per heavy atom. The van der Waals surface area contributed by atoms with Gasteiger partial charge in [0.15, 0.2) is 0 Å². The molecule has 7 nitrogen and oxygen atoms in total. The number of benzene rings is 3. The maximum absolute atomic E-state index is 12.6. The average Bonchev–Trinajstić information content (AvgIpc) is 3.25. The minimum Gasteiger partial charge on any atom is -0.446 e. The van der Waals surface area contributed by atoms with Crippen LogP contribution in [0.3, 0.4) is 0 Å². The molecule has 2 amide bonds. The van der Waals surface area contributed by atoms with Crippen molar-refractivity contribution in [2.45, 2.75) is 13.2 Å². The van der Waals surface area contributed by atoms with Gasteiger partial charge >= 0.3 is 0 Å². The smallest absolute Gasteiger partial charge is 0.255 e. The van der Waals surface area contributed by atoms with Crippen LogP contribution in [0.4, 0.5) is 11.4 Å². The van der Waals surface area contributed by atoms with Crippen molar-refractivity contribution in [3.8, 4) is 0 Å². The van der Waals surface area contributed by atoms with E-state index in [2.05, 4.69) is 26.3 Å². The van der Waals surface area contributed by atoms with E-state index in [9.17, 15) is 9.59 Å². The Morgan fingerprint density at radius 2 is 1.76 bits per heavy atom. The average molecular weight is 507 g/mol. The summed E-state index contributed by atoms with van der Waals surface area (Å²) in [6.07, 6.45) is -0.728. The Hall–Kier alpha value is -3.65. The normalized spacial score (nSPS) is 15.0. The first kappa shape index (κ1) is 22.5. The van der Waals surface area contributed by atoms with Crippen LogP contribution in [0.2, 0.25) is 0 Å². The molecule has 0 spiro atoms. The molecular weight excluding hydrogens is 484 g/mol. The highest BCUT2D eigenvalue weighted by Gasteiger charge is 2.33. The molecular formula is C25H23BrN4O3. The first-order chi connectivity index (χ1) is 15.8. The number of hydrogen-bond acceptors (Lipinski definition) is 5. The molecule has 0 bridgehead atoms. The summed E-state index contributed by atoms with van der Waals surface area (Å²) in [4.78, 5) is 26.9. The van der Waals surface area contributed by atoms with Crippen molar-refractivity contribution in [3.63, 3.8) is 0 Å². The predicted octanol–water partition coefficient (Wildman–Crippen LogP) is 5.01. The Morgan fingerprint density at radius 1 is 1.03 bits per heavy atom. The number of carbonyl (C=O) groups excluding carboxylic acids is 2. The molecule has 0 saturated heterocycles. The third-order valence-electron chi connectivity index (χ3n) is 5.11. The van der Waals surface area contributed by atoms with Gasteiger partial charge in [-0.25, -0.2) is 0 Å². The minimum absolute atomic E-state index is 0.234. The summed E-state index contributed by atoms with van der Waals surface area (Å²) in [6, 6.07) is 22.1. The van der Waals surface area contributed by atoms with Gasteiger partial charge in [0.25, 0.3) is 5.91 Å². The second-order valence-corrected chi connectivity index (χ2v) is 8.69. The number of halogens is 1. The van der Waals surface area contributed by atoms with Crippen molar-refractivity contribution >= 4 is 45.0 Å². The minimum atomic E-state index is -0.728. The van der Waals surface area contributed by atoms with Crippen LogP contribution in [-0.2, 0) is 9.53 Å². The summed E-state index contributed by atoms with van der Waals surface area (Å²) in [5, 5.41) is 8.61. The topological polar surface area (TPSA) is 74.2 Å². The summed E-state index contributed by atoms with van der Waals surface area (Å²) in [7, 11) is 3.93. The van der Waals surface area contributed by atoms with E-state index in [0.29, 0.717) is 22.7 Å². The van der Waals surface area contributed by atoms with Crippen LogP contribution in [0.25, 0.3) is 0 Å². The predicted molar refractivity (Wildman–Crippen MR) is 132 cm³/mol. The Kier molecular flexibility index (Phi) is 6.46. The zero-order valence-corrected chi connectivity index (χ0v) is 20.0. The summed E-state index contributed by atoms with van der Waals surface area (Å²) in [5.74, 6) is -0.116. The Labute approximate surface area is 200 Å². The second-order valence-electron chi connectivity index (χ2n) is 7.77. The SMILES string of the molecule is CC(=O)N1N=C(c2ccc(N(C)C)cc2)OC1c1cccc(NC(=O)c2cccc(Br)c2)c1. The number of hydrogen-bond donors (Lipinski definition) is 1. The highest BCUT2D eigenvalue weighted by molar-refractivity contribution is 9.10. The lowest BCUT2D eigenvalue weighted by atomic mass is 10.1. The van der Waals surface area contributed by atoms with Crippen LogP contribution >= 0.6 is 15.9 Å². The fourth-order valence-corrected chi connectivity index (χ4v) is 3.80. The van der Waals surface area contributed by atoms with Crippen molar-refractivity contribution in [1.29, 1.82) is 0 Å². The van der Waals surface area contributed by atoms with E-state index in [1.807, 2.05) is 55.4 Å². The first-order valence-electron chi connectivity index (χ1n) is 10.3. The molecule has 4 rings (SSSR count). The van der Waals surface area contributed by atoms with Gasteiger partial charge in [0.1, 0.15) is 0 Å². The molecule has 1 N–H and O–H groups in total. The quantitative estimate of drug-likeness (QED) is 0.527. The fourth-order valence-electron chi connectivity index (χ4n) is 3.41. The van der Waals surface area contributed by atoms with Gasteiger partial charge in [0.05, 0.1) is 0 Å². The molecule has 0 fully saturated rings. The van der Waals surface area contributed by atoms with Crippen LogP contribution in [0.1, 0.15) is 34.6 Å². The van der Waals surface area contributed by atoms with Gasteiger partial charge in [-0.05, 0) is 54.6 Å². The van der Waals surface area contributed by atoms with E-state index in [1.54, 1.807) is 36.4 Å². The largest absolute Gasteiger partial charge is 0.446 e. The van der Waals surface area contributed by atoms with Crippen LogP contribution in [-0.4, -0.2) is 36.8 Å². The van der Waals surface area contributed by atoms with Crippen molar-refractivity contribution in [3.05, 3.63) is 94.0 Å². The summed E-state index contributed by atoms with van der Waals surface area (Å²) in [6.45, 7) is 1.44. The molecule has 0 aliphatic carbocycles. The van der Waals surface area contributed by atoms with Crippen LogP contribution in [0.15, 0.2) is 82.4 Å². The molecule has 33 heavy (non-hydrogen) atoms. The third-order valence-corrected chi connectivity index (χ3v) is 5.61. The number of nitrogens with zero attached hydrogens (tertiary/aromatic N) is 3. The Balaban J connectivity index is 1.55. The summed E-state index contributed by atoms with van der Waals surface area (Å²) in [5.41, 5.74) is 3.64. The number of ether oxygens (including phenoxy) is 1. The molecule has 3 aromatic rings. The van der Waals surface area contributed by atoms with E-state index in [1.165, 1.54) is 11.9 Å². The molecule has 1 atom stereocenters.